The number of nitrogen functional groups attached to an aromatic ring is 1. The number of carbonyl (C=O) groups excluding carboxylic acids is 1. The Morgan fingerprint density at radius 2 is 1.82 bits per heavy atom. The van der Waals surface area contributed by atoms with Crippen molar-refractivity contribution in [3.63, 3.8) is 0 Å². The second kappa shape index (κ2) is 10.4. The number of ether oxygens (including phenoxy) is 1. The van der Waals surface area contributed by atoms with E-state index in [1.54, 1.807) is 27.7 Å². The Balaban J connectivity index is 1.62. The molecule has 0 atom stereocenters. The number of rotatable bonds is 6. The van der Waals surface area contributed by atoms with Crippen molar-refractivity contribution in [2.75, 3.05) is 28.4 Å². The van der Waals surface area contributed by atoms with E-state index in [1.807, 2.05) is 0 Å². The number of alkyl halides is 3. The Bertz CT molecular complexity index is 1490. The molecule has 3 aromatic rings. The van der Waals surface area contributed by atoms with Crippen molar-refractivity contribution in [1.29, 1.82) is 0 Å². The van der Waals surface area contributed by atoms with Crippen LogP contribution in [0, 0.1) is 0 Å². The summed E-state index contributed by atoms with van der Waals surface area (Å²) in [4.78, 5) is 17.5. The van der Waals surface area contributed by atoms with Gasteiger partial charge >= 0.3 is 12.3 Å². The van der Waals surface area contributed by atoms with Crippen molar-refractivity contribution in [3.05, 3.63) is 47.0 Å². The zero-order valence-electron chi connectivity index (χ0n) is 21.8. The minimum Gasteiger partial charge on any atom is -0.444 e. The van der Waals surface area contributed by atoms with E-state index in [0.717, 1.165) is 10.4 Å². The molecule has 1 aliphatic heterocycles. The van der Waals surface area contributed by atoms with Crippen molar-refractivity contribution in [1.82, 2.24) is 20.1 Å². The Morgan fingerprint density at radius 1 is 1.20 bits per heavy atom. The summed E-state index contributed by atoms with van der Waals surface area (Å²) in [5.74, 6) is -0.0659. The fourth-order valence-electron chi connectivity index (χ4n) is 4.39. The van der Waals surface area contributed by atoms with Gasteiger partial charge in [0, 0.05) is 24.3 Å². The van der Waals surface area contributed by atoms with Crippen molar-refractivity contribution in [3.8, 4) is 11.1 Å². The van der Waals surface area contributed by atoms with E-state index < -0.39 is 39.9 Å². The van der Waals surface area contributed by atoms with Gasteiger partial charge in [0.15, 0.2) is 0 Å². The molecule has 1 amide bonds. The van der Waals surface area contributed by atoms with Crippen molar-refractivity contribution >= 4 is 51.9 Å². The molecular weight excluding hydrogens is 575 g/mol. The summed E-state index contributed by atoms with van der Waals surface area (Å²) in [6, 6.07) is 7.64. The maximum absolute atomic E-state index is 14.1. The van der Waals surface area contributed by atoms with Crippen LogP contribution in [0.2, 0.25) is 5.02 Å². The van der Waals surface area contributed by atoms with Gasteiger partial charge in [-0.3, -0.25) is 4.31 Å². The van der Waals surface area contributed by atoms with Crippen LogP contribution in [-0.2, 0) is 21.8 Å². The van der Waals surface area contributed by atoms with Gasteiger partial charge in [-0.1, -0.05) is 23.7 Å². The first-order valence-corrected chi connectivity index (χ1v) is 13.4. The molecular formula is C24H27ClF3N7O4S. The van der Waals surface area contributed by atoms with E-state index >= 15 is 0 Å². The molecule has 40 heavy (non-hydrogen) atoms. The second-order valence-electron chi connectivity index (χ2n) is 10.5. The van der Waals surface area contributed by atoms with Crippen LogP contribution in [-0.4, -0.2) is 58.8 Å². The number of aromatic nitrogens is 3. The lowest BCUT2D eigenvalue weighted by molar-refractivity contribution is -0.137. The zero-order valence-corrected chi connectivity index (χ0v) is 23.5. The molecule has 4 N–H and O–H groups in total. The van der Waals surface area contributed by atoms with Crippen LogP contribution in [0.5, 0.6) is 0 Å². The third-order valence-corrected chi connectivity index (χ3v) is 7.28. The van der Waals surface area contributed by atoms with Crippen LogP contribution in [0.25, 0.3) is 11.1 Å². The number of halogens is 4. The van der Waals surface area contributed by atoms with E-state index in [0.29, 0.717) is 0 Å². The zero-order chi connectivity index (χ0) is 29.6. The molecule has 0 radical (unpaired) electrons. The predicted molar refractivity (Wildman–Crippen MR) is 145 cm³/mol. The van der Waals surface area contributed by atoms with Gasteiger partial charge in [-0.25, -0.2) is 18.3 Å². The molecule has 0 aliphatic carbocycles. The minimum atomic E-state index is -4.78. The van der Waals surface area contributed by atoms with E-state index in [9.17, 15) is 26.4 Å². The van der Waals surface area contributed by atoms with Gasteiger partial charge in [-0.05, 0) is 57.5 Å². The van der Waals surface area contributed by atoms with Crippen LogP contribution in [0.15, 0.2) is 36.4 Å². The summed E-state index contributed by atoms with van der Waals surface area (Å²) in [7, 11) is -3.15. The first-order chi connectivity index (χ1) is 18.5. The number of nitrogens with one attached hydrogen (secondary N) is 2. The van der Waals surface area contributed by atoms with Crippen LogP contribution in [0.1, 0.15) is 33.3 Å². The maximum Gasteiger partial charge on any atom is 0.417 e. The number of anilines is 4. The number of H-pyrrole nitrogens is 1. The normalized spacial score (nSPS) is 15.1. The number of amides is 1. The molecule has 1 fully saturated rings. The van der Waals surface area contributed by atoms with Crippen LogP contribution < -0.4 is 15.4 Å². The van der Waals surface area contributed by atoms with E-state index in [4.69, 9.17) is 22.1 Å². The number of nitrogens with zero attached hydrogens (tertiary/aromatic N) is 4. The number of benzene rings is 2. The molecule has 11 nitrogen and oxygen atoms in total. The van der Waals surface area contributed by atoms with Gasteiger partial charge < -0.3 is 20.7 Å². The quantitative estimate of drug-likeness (QED) is 0.294. The lowest BCUT2D eigenvalue weighted by Gasteiger charge is -2.51. The van der Waals surface area contributed by atoms with E-state index in [-0.39, 0.29) is 52.5 Å². The summed E-state index contributed by atoms with van der Waals surface area (Å²) in [5.41, 5.74) is 2.78. The monoisotopic (exact) mass is 601 g/mol. The number of hydrogen-bond acceptors (Lipinski definition) is 8. The van der Waals surface area contributed by atoms with Gasteiger partial charge in [-0.15, -0.1) is 5.10 Å². The van der Waals surface area contributed by atoms with Crippen molar-refractivity contribution < 1.29 is 31.1 Å². The Kier molecular flexibility index (Phi) is 7.58. The molecule has 1 aromatic heterocycles. The highest BCUT2D eigenvalue weighted by Crippen LogP contribution is 2.44. The van der Waals surface area contributed by atoms with Gasteiger partial charge in [-0.2, -0.15) is 18.2 Å². The first kappa shape index (κ1) is 29.3. The number of hydrogen-bond donors (Lipinski definition) is 4. The Morgan fingerprint density at radius 3 is 2.33 bits per heavy atom. The summed E-state index contributed by atoms with van der Waals surface area (Å²) < 4.78 is 73.2. The number of aromatic amines is 1. The molecule has 1 aliphatic rings. The summed E-state index contributed by atoms with van der Waals surface area (Å²) >= 11 is 6.33. The lowest BCUT2D eigenvalue weighted by Crippen LogP contribution is -2.70. The van der Waals surface area contributed by atoms with Crippen LogP contribution in [0.3, 0.4) is 0 Å². The highest BCUT2D eigenvalue weighted by atomic mass is 35.5. The lowest BCUT2D eigenvalue weighted by atomic mass is 9.91. The number of likely N-dealkylation sites (tertiary alicyclic amines) is 1. The van der Waals surface area contributed by atoms with Crippen molar-refractivity contribution in [2.45, 2.75) is 45.0 Å². The predicted octanol–water partition coefficient (Wildman–Crippen LogP) is 4.81. The van der Waals surface area contributed by atoms with Crippen LogP contribution >= 0.6 is 11.6 Å². The molecule has 2 heterocycles. The first-order valence-electron chi connectivity index (χ1n) is 11.9. The van der Waals surface area contributed by atoms with Gasteiger partial charge in [0.25, 0.3) is 0 Å². The molecule has 16 heteroatoms. The standard InChI is InChI=1S/C24H27ClF3N7O4S/c1-22(2,3)39-21(36)34-11-23(4,12-34)35(40(37)38)15-7-5-13(6-8-15)18-16(24(26,27)28)9-14(10-17(18)25)30-20-31-19(29)32-33-20/h5-10,40H,11-12H2,1-4H3,(H4,29,30,31,32,33). The third kappa shape index (κ3) is 6.20. The van der Waals surface area contributed by atoms with Crippen LogP contribution in [0.4, 0.5) is 41.2 Å². The summed E-state index contributed by atoms with van der Waals surface area (Å²) in [6.45, 7) is 6.97. The highest BCUT2D eigenvalue weighted by molar-refractivity contribution is 7.74. The molecule has 0 spiro atoms. The van der Waals surface area contributed by atoms with Gasteiger partial charge in [0.1, 0.15) is 5.60 Å². The number of carbonyl (C=O) groups is 1. The second-order valence-corrected chi connectivity index (χ2v) is 11.8. The average molecular weight is 602 g/mol. The molecule has 0 bridgehead atoms. The number of thiol groups is 1. The fourth-order valence-corrected chi connectivity index (χ4v) is 5.56. The molecule has 0 unspecified atom stereocenters. The van der Waals surface area contributed by atoms with Gasteiger partial charge in [0.05, 0.1) is 21.8 Å². The maximum atomic E-state index is 14.1. The smallest absolute Gasteiger partial charge is 0.417 e. The minimum absolute atomic E-state index is 0.0151. The van der Waals surface area contributed by atoms with Gasteiger partial charge in [0.2, 0.25) is 22.8 Å². The SMILES string of the molecule is CC(C)(C)OC(=O)N1CC(C)(N(c2ccc(-c3c(Cl)cc(Nc4n[nH]c(N)n4)cc3C(F)(F)F)cc2)[SH](=O)=O)C1. The molecule has 2 aromatic carbocycles. The highest BCUT2D eigenvalue weighted by Gasteiger charge is 2.48. The molecule has 1 saturated heterocycles. The molecule has 4 rings (SSSR count). The topological polar surface area (TPSA) is 147 Å². The molecule has 216 valence electrons. The van der Waals surface area contributed by atoms with Crippen molar-refractivity contribution in [2.24, 2.45) is 0 Å². The third-order valence-electron chi connectivity index (χ3n) is 5.94. The fraction of sp³-hybridized carbons (Fsp3) is 0.375. The van der Waals surface area contributed by atoms with E-state index in [1.165, 1.54) is 35.2 Å². The Hall–Kier alpha value is -3.72. The van der Waals surface area contributed by atoms with E-state index in [2.05, 4.69) is 20.5 Å². The average Bonchev–Trinajstić information content (AvgIpc) is 3.20. The summed E-state index contributed by atoms with van der Waals surface area (Å²) in [6.07, 6.45) is -5.34. The Labute approximate surface area is 234 Å². The summed E-state index contributed by atoms with van der Waals surface area (Å²) in [5, 5.41) is 8.51. The largest absolute Gasteiger partial charge is 0.444 e. The number of nitrogens with two attached hydrogens (primary N) is 1. The molecule has 0 saturated carbocycles.